The smallest absolute Gasteiger partial charge is 0.254 e. The number of benzene rings is 1. The number of carbonyl (C=O) groups is 2. The average molecular weight is 288 g/mol. The molecule has 2 rings (SSSR count). The van der Waals surface area contributed by atoms with Crippen LogP contribution >= 0.6 is 0 Å². The van der Waals surface area contributed by atoms with E-state index >= 15 is 0 Å². The van der Waals surface area contributed by atoms with Crippen molar-refractivity contribution in [3.63, 3.8) is 0 Å². The standard InChI is InChI=1S/C15H13FN2O3/c1-21-11-4-2-10(3-5-11)14(19)9-18-15(20)12-6-7-17-8-13(12)16/h2-8H,9H2,1H3,(H,18,20). The van der Waals surface area contributed by atoms with Gasteiger partial charge in [-0.15, -0.1) is 0 Å². The Labute approximate surface area is 120 Å². The lowest BCUT2D eigenvalue weighted by Crippen LogP contribution is -2.30. The largest absolute Gasteiger partial charge is 0.497 e. The maximum atomic E-state index is 13.3. The van der Waals surface area contributed by atoms with Crippen molar-refractivity contribution in [3.05, 3.63) is 59.7 Å². The molecule has 0 radical (unpaired) electrons. The normalized spacial score (nSPS) is 10.0. The van der Waals surface area contributed by atoms with Gasteiger partial charge in [0.1, 0.15) is 5.75 Å². The third-order valence-electron chi connectivity index (χ3n) is 2.84. The molecule has 1 aromatic heterocycles. The van der Waals surface area contributed by atoms with Gasteiger partial charge >= 0.3 is 0 Å². The van der Waals surface area contributed by atoms with E-state index in [1.165, 1.54) is 19.4 Å². The van der Waals surface area contributed by atoms with Crippen LogP contribution in [0.3, 0.4) is 0 Å². The summed E-state index contributed by atoms with van der Waals surface area (Å²) in [6.45, 7) is -0.215. The van der Waals surface area contributed by atoms with Crippen LogP contribution in [-0.2, 0) is 0 Å². The van der Waals surface area contributed by atoms with Crippen molar-refractivity contribution in [1.82, 2.24) is 10.3 Å². The molecule has 0 unspecified atom stereocenters. The van der Waals surface area contributed by atoms with Crippen molar-refractivity contribution in [3.8, 4) is 5.75 Å². The van der Waals surface area contributed by atoms with Gasteiger partial charge in [0.25, 0.3) is 5.91 Å². The van der Waals surface area contributed by atoms with E-state index in [2.05, 4.69) is 10.3 Å². The summed E-state index contributed by atoms with van der Waals surface area (Å²) in [5, 5.41) is 2.38. The average Bonchev–Trinajstić information content (AvgIpc) is 2.52. The van der Waals surface area contributed by atoms with Crippen LogP contribution in [0.1, 0.15) is 20.7 Å². The molecular weight excluding hydrogens is 275 g/mol. The van der Waals surface area contributed by atoms with Crippen LogP contribution in [-0.4, -0.2) is 30.3 Å². The first-order valence-corrected chi connectivity index (χ1v) is 6.17. The monoisotopic (exact) mass is 288 g/mol. The molecule has 1 amide bonds. The summed E-state index contributed by atoms with van der Waals surface area (Å²) < 4.78 is 18.3. The molecule has 0 saturated heterocycles. The number of carbonyl (C=O) groups excluding carboxylic acids is 2. The van der Waals surface area contributed by atoms with E-state index in [0.717, 1.165) is 6.20 Å². The van der Waals surface area contributed by atoms with E-state index in [1.807, 2.05) is 0 Å². The van der Waals surface area contributed by atoms with Crippen LogP contribution in [0.2, 0.25) is 0 Å². The minimum absolute atomic E-state index is 0.146. The number of methoxy groups -OCH3 is 1. The summed E-state index contributed by atoms with van der Waals surface area (Å²) in [4.78, 5) is 27.2. The summed E-state index contributed by atoms with van der Waals surface area (Å²) in [5.41, 5.74) is 0.291. The molecule has 6 heteroatoms. The van der Waals surface area contributed by atoms with E-state index in [1.54, 1.807) is 24.3 Å². The Balaban J connectivity index is 1.97. The molecule has 0 saturated carbocycles. The van der Waals surface area contributed by atoms with Gasteiger partial charge in [-0.25, -0.2) is 4.39 Å². The van der Waals surface area contributed by atoms with Crippen LogP contribution in [0.25, 0.3) is 0 Å². The number of nitrogens with zero attached hydrogens (tertiary/aromatic N) is 1. The number of ketones is 1. The number of amides is 1. The molecule has 0 spiro atoms. The Morgan fingerprint density at radius 2 is 1.95 bits per heavy atom. The zero-order valence-corrected chi connectivity index (χ0v) is 11.3. The van der Waals surface area contributed by atoms with Crippen molar-refractivity contribution in [1.29, 1.82) is 0 Å². The highest BCUT2D eigenvalue weighted by atomic mass is 19.1. The van der Waals surface area contributed by atoms with Gasteiger partial charge in [0.15, 0.2) is 11.6 Å². The Kier molecular flexibility index (Phi) is 4.61. The van der Waals surface area contributed by atoms with Crippen molar-refractivity contribution < 1.29 is 18.7 Å². The first kappa shape index (κ1) is 14.6. The van der Waals surface area contributed by atoms with E-state index in [9.17, 15) is 14.0 Å². The predicted octanol–water partition coefficient (Wildman–Crippen LogP) is 1.84. The molecule has 0 atom stereocenters. The molecular formula is C15H13FN2O3. The number of hydrogen-bond donors (Lipinski definition) is 1. The maximum Gasteiger partial charge on any atom is 0.254 e. The van der Waals surface area contributed by atoms with Crippen LogP contribution in [0, 0.1) is 5.82 Å². The van der Waals surface area contributed by atoms with Gasteiger partial charge in [-0.2, -0.15) is 0 Å². The molecule has 108 valence electrons. The quantitative estimate of drug-likeness (QED) is 0.852. The van der Waals surface area contributed by atoms with Gasteiger partial charge in [0, 0.05) is 11.8 Å². The van der Waals surface area contributed by atoms with Crippen molar-refractivity contribution >= 4 is 11.7 Å². The van der Waals surface area contributed by atoms with Crippen molar-refractivity contribution in [2.24, 2.45) is 0 Å². The number of nitrogens with one attached hydrogen (secondary N) is 1. The third-order valence-corrected chi connectivity index (χ3v) is 2.84. The van der Waals surface area contributed by atoms with Gasteiger partial charge < -0.3 is 10.1 Å². The molecule has 0 aliphatic carbocycles. The van der Waals surface area contributed by atoms with Crippen LogP contribution in [0.4, 0.5) is 4.39 Å². The molecule has 1 aromatic carbocycles. The van der Waals surface area contributed by atoms with Gasteiger partial charge in [-0.1, -0.05) is 0 Å². The Hall–Kier alpha value is -2.76. The Morgan fingerprint density at radius 3 is 2.57 bits per heavy atom. The van der Waals surface area contributed by atoms with Crippen LogP contribution in [0.5, 0.6) is 5.75 Å². The SMILES string of the molecule is COc1ccc(C(=O)CNC(=O)c2ccncc2F)cc1. The first-order chi connectivity index (χ1) is 10.1. The van der Waals surface area contributed by atoms with E-state index < -0.39 is 11.7 Å². The lowest BCUT2D eigenvalue weighted by molar-refractivity contribution is 0.0901. The summed E-state index contributed by atoms with van der Waals surface area (Å²) in [6.07, 6.45) is 2.25. The molecule has 2 aromatic rings. The number of hydrogen-bond acceptors (Lipinski definition) is 4. The maximum absolute atomic E-state index is 13.3. The lowest BCUT2D eigenvalue weighted by atomic mass is 10.1. The molecule has 5 nitrogen and oxygen atoms in total. The topological polar surface area (TPSA) is 68.3 Å². The zero-order chi connectivity index (χ0) is 15.2. The molecule has 1 heterocycles. The lowest BCUT2D eigenvalue weighted by Gasteiger charge is -2.06. The Morgan fingerprint density at radius 1 is 1.24 bits per heavy atom. The molecule has 21 heavy (non-hydrogen) atoms. The number of aromatic nitrogens is 1. The summed E-state index contributed by atoms with van der Waals surface area (Å²) in [7, 11) is 1.53. The Bertz CT molecular complexity index is 656. The zero-order valence-electron chi connectivity index (χ0n) is 11.3. The second-order valence-corrected chi connectivity index (χ2v) is 4.19. The van der Waals surface area contributed by atoms with Crippen LogP contribution < -0.4 is 10.1 Å². The molecule has 0 aliphatic rings. The molecule has 0 fully saturated rings. The second-order valence-electron chi connectivity index (χ2n) is 4.19. The summed E-state index contributed by atoms with van der Waals surface area (Å²) in [6, 6.07) is 7.75. The van der Waals surface area contributed by atoms with Gasteiger partial charge in [0.2, 0.25) is 0 Å². The highest BCUT2D eigenvalue weighted by molar-refractivity contribution is 6.02. The molecule has 0 bridgehead atoms. The number of halogens is 1. The third kappa shape index (κ3) is 3.62. The second kappa shape index (κ2) is 6.60. The fraction of sp³-hybridized carbons (Fsp3) is 0.133. The summed E-state index contributed by atoms with van der Waals surface area (Å²) >= 11 is 0. The highest BCUT2D eigenvalue weighted by Gasteiger charge is 2.13. The minimum Gasteiger partial charge on any atom is -0.497 e. The number of Topliss-reactive ketones (excluding diaryl/α,β-unsaturated/α-hetero) is 1. The van der Waals surface area contributed by atoms with Gasteiger partial charge in [-0.05, 0) is 30.3 Å². The van der Waals surface area contributed by atoms with Crippen molar-refractivity contribution in [2.45, 2.75) is 0 Å². The molecule has 0 aliphatic heterocycles. The number of ether oxygens (including phenoxy) is 1. The minimum atomic E-state index is -0.730. The number of rotatable bonds is 5. The van der Waals surface area contributed by atoms with Gasteiger partial charge in [0.05, 0.1) is 25.4 Å². The van der Waals surface area contributed by atoms with Gasteiger partial charge in [-0.3, -0.25) is 14.6 Å². The van der Waals surface area contributed by atoms with Crippen molar-refractivity contribution in [2.75, 3.05) is 13.7 Å². The fourth-order valence-electron chi connectivity index (χ4n) is 1.69. The van der Waals surface area contributed by atoms with E-state index in [-0.39, 0.29) is 17.9 Å². The number of pyridine rings is 1. The predicted molar refractivity (Wildman–Crippen MR) is 73.9 cm³/mol. The highest BCUT2D eigenvalue weighted by Crippen LogP contribution is 2.11. The molecule has 1 N–H and O–H groups in total. The summed E-state index contributed by atoms with van der Waals surface area (Å²) in [5.74, 6) is -1.03. The first-order valence-electron chi connectivity index (χ1n) is 6.17. The fourth-order valence-corrected chi connectivity index (χ4v) is 1.69. The van der Waals surface area contributed by atoms with E-state index in [0.29, 0.717) is 11.3 Å². The van der Waals surface area contributed by atoms with E-state index in [4.69, 9.17) is 4.74 Å². The van der Waals surface area contributed by atoms with Crippen LogP contribution in [0.15, 0.2) is 42.7 Å².